The molecule has 96 valence electrons. The molecule has 0 aromatic rings. The summed E-state index contributed by atoms with van der Waals surface area (Å²) >= 11 is 9.23. The molecule has 9 heteroatoms. The van der Waals surface area contributed by atoms with Crippen LogP contribution in [0.2, 0.25) is 0 Å². The molecular weight excluding hydrogens is 260 g/mol. The number of hydrogen-bond donors (Lipinski definition) is 4. The molecule has 0 spiro atoms. The Morgan fingerprint density at radius 2 is 1.94 bits per heavy atom. The molecule has 0 bridgehead atoms. The fraction of sp³-hybridized carbons (Fsp3) is 0.500. The van der Waals surface area contributed by atoms with E-state index in [4.69, 9.17) is 16.2 Å². The maximum absolute atomic E-state index is 5.36. The van der Waals surface area contributed by atoms with Gasteiger partial charge in [-0.25, -0.2) is 0 Å². The third-order valence-corrected chi connectivity index (χ3v) is 1.68. The second-order valence-electron chi connectivity index (χ2n) is 2.84. The molecule has 0 heterocycles. The highest BCUT2D eigenvalue weighted by Gasteiger charge is 2.08. The van der Waals surface area contributed by atoms with Crippen molar-refractivity contribution in [2.24, 2.45) is 21.7 Å². The van der Waals surface area contributed by atoms with Crippen LogP contribution in [0.3, 0.4) is 0 Å². The average Bonchev–Trinajstić information content (AvgIpc) is 2.22. The van der Waals surface area contributed by atoms with Crippen LogP contribution >= 0.6 is 24.4 Å². The highest BCUT2D eigenvalue weighted by molar-refractivity contribution is 7.80. The van der Waals surface area contributed by atoms with Crippen LogP contribution in [0, 0.1) is 0 Å². The van der Waals surface area contributed by atoms with Gasteiger partial charge in [0.1, 0.15) is 11.8 Å². The van der Waals surface area contributed by atoms with Crippen molar-refractivity contribution in [2.75, 3.05) is 6.61 Å². The van der Waals surface area contributed by atoms with Crippen LogP contribution in [0.15, 0.2) is 10.2 Å². The van der Waals surface area contributed by atoms with Crippen molar-refractivity contribution in [3.05, 3.63) is 0 Å². The Morgan fingerprint density at radius 3 is 2.41 bits per heavy atom. The van der Waals surface area contributed by atoms with Gasteiger partial charge in [-0.15, -0.1) is 0 Å². The van der Waals surface area contributed by atoms with Gasteiger partial charge < -0.3 is 16.2 Å². The fourth-order valence-corrected chi connectivity index (χ4v) is 0.940. The van der Waals surface area contributed by atoms with E-state index in [1.807, 2.05) is 13.8 Å². The molecule has 0 saturated heterocycles. The lowest BCUT2D eigenvalue weighted by Gasteiger charge is -2.11. The molecular formula is C8H16N6OS2. The first-order valence-electron chi connectivity index (χ1n) is 4.80. The third-order valence-electron chi connectivity index (χ3n) is 1.50. The topological polar surface area (TPSA) is 110 Å². The summed E-state index contributed by atoms with van der Waals surface area (Å²) in [6.07, 6.45) is 1.16. The first kappa shape index (κ1) is 15.7. The summed E-state index contributed by atoms with van der Waals surface area (Å²) in [7, 11) is 0. The third kappa shape index (κ3) is 8.48. The first-order chi connectivity index (χ1) is 7.97. The molecule has 0 aromatic heterocycles. The summed E-state index contributed by atoms with van der Waals surface area (Å²) in [5.74, 6) is 0. The van der Waals surface area contributed by atoms with Crippen molar-refractivity contribution in [3.8, 4) is 0 Å². The van der Waals surface area contributed by atoms with E-state index in [-0.39, 0.29) is 16.3 Å². The van der Waals surface area contributed by atoms with Crippen LogP contribution < -0.4 is 22.3 Å². The summed E-state index contributed by atoms with van der Waals surface area (Å²) in [6.45, 7) is 4.24. The quantitative estimate of drug-likeness (QED) is 0.292. The van der Waals surface area contributed by atoms with Crippen LogP contribution in [0.4, 0.5) is 0 Å². The predicted octanol–water partition coefficient (Wildman–Crippen LogP) is -0.580. The number of hydrazone groups is 2. The van der Waals surface area contributed by atoms with Gasteiger partial charge in [0, 0.05) is 6.61 Å². The van der Waals surface area contributed by atoms with Crippen molar-refractivity contribution in [1.29, 1.82) is 0 Å². The SMILES string of the molecule is CCO[C@@H](C)C(/C=N/NC(N)=S)=N/NC(N)=S. The number of nitrogens with zero attached hydrogens (tertiary/aromatic N) is 2. The summed E-state index contributed by atoms with van der Waals surface area (Å²) < 4.78 is 5.36. The highest BCUT2D eigenvalue weighted by Crippen LogP contribution is 1.93. The van der Waals surface area contributed by atoms with Gasteiger partial charge in [0.2, 0.25) is 0 Å². The fourth-order valence-electron chi connectivity index (χ4n) is 0.842. The molecule has 1 atom stereocenters. The van der Waals surface area contributed by atoms with Gasteiger partial charge in [-0.1, -0.05) is 0 Å². The minimum absolute atomic E-state index is 0.0573. The van der Waals surface area contributed by atoms with Gasteiger partial charge in [-0.2, -0.15) is 10.2 Å². The van der Waals surface area contributed by atoms with E-state index in [0.717, 1.165) is 0 Å². The lowest BCUT2D eigenvalue weighted by atomic mass is 10.2. The van der Waals surface area contributed by atoms with Crippen LogP contribution in [0.1, 0.15) is 13.8 Å². The van der Waals surface area contributed by atoms with E-state index >= 15 is 0 Å². The monoisotopic (exact) mass is 276 g/mol. The van der Waals surface area contributed by atoms with Gasteiger partial charge in [0.05, 0.1) is 6.21 Å². The summed E-state index contributed by atoms with van der Waals surface area (Å²) in [6, 6.07) is 0. The van der Waals surface area contributed by atoms with E-state index in [0.29, 0.717) is 12.3 Å². The Bertz CT molecular complexity index is 330. The molecule has 6 N–H and O–H groups in total. The van der Waals surface area contributed by atoms with Crippen LogP contribution in [0.25, 0.3) is 0 Å². The molecule has 0 aliphatic carbocycles. The van der Waals surface area contributed by atoms with Gasteiger partial charge in [0.25, 0.3) is 0 Å². The standard InChI is InChI=1S/C8H16N6OS2/c1-3-15-5(2)6(12-14-8(10)17)4-11-13-7(9)16/h4-5H,3H2,1-2H3,(H3,9,13,16)(H3,10,14,17)/b11-4+,12-6+/t5-/m0/s1. The molecule has 0 radical (unpaired) electrons. The number of nitrogens with one attached hydrogen (secondary N) is 2. The van der Waals surface area contributed by atoms with Crippen LogP contribution in [0.5, 0.6) is 0 Å². The van der Waals surface area contributed by atoms with Gasteiger partial charge in [-0.3, -0.25) is 10.9 Å². The van der Waals surface area contributed by atoms with Gasteiger partial charge >= 0.3 is 0 Å². The second kappa shape index (κ2) is 8.79. The van der Waals surface area contributed by atoms with Crippen molar-refractivity contribution in [2.45, 2.75) is 20.0 Å². The average molecular weight is 276 g/mol. The highest BCUT2D eigenvalue weighted by atomic mass is 32.1. The molecule has 0 aromatic carbocycles. The van der Waals surface area contributed by atoms with Gasteiger partial charge in [-0.05, 0) is 38.3 Å². The minimum Gasteiger partial charge on any atom is -0.375 e. The van der Waals surface area contributed by atoms with E-state index in [1.165, 1.54) is 6.21 Å². The predicted molar refractivity (Wildman–Crippen MR) is 76.9 cm³/mol. The Hall–Kier alpha value is -1.32. The van der Waals surface area contributed by atoms with E-state index in [9.17, 15) is 0 Å². The largest absolute Gasteiger partial charge is 0.375 e. The zero-order chi connectivity index (χ0) is 13.3. The lowest BCUT2D eigenvalue weighted by Crippen LogP contribution is -2.31. The first-order valence-corrected chi connectivity index (χ1v) is 5.62. The number of nitrogens with two attached hydrogens (primary N) is 2. The minimum atomic E-state index is -0.265. The molecule has 0 unspecified atom stereocenters. The van der Waals surface area contributed by atoms with Crippen molar-refractivity contribution >= 4 is 46.6 Å². The smallest absolute Gasteiger partial charge is 0.184 e. The molecule has 7 nitrogen and oxygen atoms in total. The Balaban J connectivity index is 4.60. The second-order valence-corrected chi connectivity index (χ2v) is 3.72. The number of hydrogen-bond acceptors (Lipinski definition) is 5. The molecule has 0 saturated carbocycles. The Morgan fingerprint density at radius 1 is 1.35 bits per heavy atom. The maximum Gasteiger partial charge on any atom is 0.184 e. The number of thiocarbonyl (C=S) groups is 2. The molecule has 0 amide bonds. The Kier molecular flexibility index (Phi) is 8.11. The lowest BCUT2D eigenvalue weighted by molar-refractivity contribution is 0.123. The number of ether oxygens (including phenoxy) is 1. The maximum atomic E-state index is 5.36. The molecule has 0 aliphatic heterocycles. The van der Waals surface area contributed by atoms with Crippen LogP contribution in [-0.4, -0.2) is 34.9 Å². The summed E-state index contributed by atoms with van der Waals surface area (Å²) in [5.41, 5.74) is 15.8. The summed E-state index contributed by atoms with van der Waals surface area (Å²) in [5, 5.41) is 7.84. The van der Waals surface area contributed by atoms with E-state index in [1.54, 1.807) is 0 Å². The molecule has 0 fully saturated rings. The zero-order valence-corrected chi connectivity index (χ0v) is 11.3. The normalized spacial score (nSPS) is 13.4. The zero-order valence-electron chi connectivity index (χ0n) is 9.64. The molecule has 17 heavy (non-hydrogen) atoms. The molecule has 0 aliphatic rings. The van der Waals surface area contributed by atoms with Gasteiger partial charge in [0.15, 0.2) is 10.2 Å². The van der Waals surface area contributed by atoms with Crippen LogP contribution in [-0.2, 0) is 4.74 Å². The van der Waals surface area contributed by atoms with E-state index < -0.39 is 0 Å². The van der Waals surface area contributed by atoms with Crippen molar-refractivity contribution < 1.29 is 4.74 Å². The molecule has 0 rings (SSSR count). The summed E-state index contributed by atoms with van der Waals surface area (Å²) in [4.78, 5) is 0. The van der Waals surface area contributed by atoms with E-state index in [2.05, 4.69) is 45.5 Å². The van der Waals surface area contributed by atoms with Crippen molar-refractivity contribution in [3.63, 3.8) is 0 Å². The number of rotatable bonds is 6. The Labute approximate surface area is 111 Å². The van der Waals surface area contributed by atoms with Crippen molar-refractivity contribution in [1.82, 2.24) is 10.9 Å².